The number of amides is 2. The Balaban J connectivity index is 1.59. The van der Waals surface area contributed by atoms with Gasteiger partial charge in [0.05, 0.1) is 12.1 Å². The summed E-state index contributed by atoms with van der Waals surface area (Å²) in [6.45, 7) is 3.31. The number of carbonyl (C=O) groups excluding carboxylic acids is 3. The fraction of sp³-hybridized carbons (Fsp3) is 0.208. The van der Waals surface area contributed by atoms with Crippen LogP contribution < -0.4 is 5.32 Å². The van der Waals surface area contributed by atoms with E-state index in [-0.39, 0.29) is 12.5 Å². The van der Waals surface area contributed by atoms with Crippen LogP contribution in [-0.2, 0) is 14.3 Å². The maximum atomic E-state index is 12.6. The number of benzene rings is 3. The number of hydrogen-bond donors (Lipinski definition) is 1. The molecule has 0 aliphatic carbocycles. The number of rotatable bonds is 6. The third-order valence-electron chi connectivity index (χ3n) is 4.73. The van der Waals surface area contributed by atoms with Gasteiger partial charge in [-0.05, 0) is 42.8 Å². The van der Waals surface area contributed by atoms with Crippen molar-refractivity contribution in [3.8, 4) is 0 Å². The highest BCUT2D eigenvalue weighted by molar-refractivity contribution is 6.05. The summed E-state index contributed by atoms with van der Waals surface area (Å²) in [5, 5.41) is 4.41. The van der Waals surface area contributed by atoms with Gasteiger partial charge in [-0.2, -0.15) is 0 Å². The van der Waals surface area contributed by atoms with Gasteiger partial charge < -0.3 is 15.0 Å². The Kier molecular flexibility index (Phi) is 6.47. The van der Waals surface area contributed by atoms with E-state index in [2.05, 4.69) is 5.32 Å². The van der Waals surface area contributed by atoms with Gasteiger partial charge in [-0.15, -0.1) is 0 Å². The fourth-order valence-corrected chi connectivity index (χ4v) is 3.12. The van der Waals surface area contributed by atoms with Crippen molar-refractivity contribution in [3.63, 3.8) is 0 Å². The summed E-state index contributed by atoms with van der Waals surface area (Å²) in [4.78, 5) is 38.6. The molecule has 3 rings (SSSR count). The molecule has 0 saturated heterocycles. The summed E-state index contributed by atoms with van der Waals surface area (Å²) in [6.07, 6.45) is -1.02. The van der Waals surface area contributed by atoms with Crippen molar-refractivity contribution in [3.05, 3.63) is 77.9 Å². The van der Waals surface area contributed by atoms with Crippen molar-refractivity contribution < 1.29 is 19.1 Å². The second-order valence-corrected chi connectivity index (χ2v) is 7.18. The van der Waals surface area contributed by atoms with E-state index in [0.29, 0.717) is 11.3 Å². The maximum absolute atomic E-state index is 12.6. The first-order valence-corrected chi connectivity index (χ1v) is 9.65. The minimum atomic E-state index is -1.02. The van der Waals surface area contributed by atoms with Gasteiger partial charge in [-0.25, -0.2) is 4.79 Å². The molecule has 6 heteroatoms. The number of likely N-dealkylation sites (N-methyl/N-ethyl adjacent to an activating group) is 1. The Labute approximate surface area is 175 Å². The van der Waals surface area contributed by atoms with E-state index >= 15 is 0 Å². The van der Waals surface area contributed by atoms with Crippen molar-refractivity contribution >= 4 is 34.2 Å². The Bertz CT molecular complexity index is 1070. The third kappa shape index (κ3) is 5.03. The zero-order valence-corrected chi connectivity index (χ0v) is 17.2. The molecule has 6 nitrogen and oxygen atoms in total. The Morgan fingerprint density at radius 2 is 1.63 bits per heavy atom. The van der Waals surface area contributed by atoms with Gasteiger partial charge in [0.2, 0.25) is 5.91 Å². The summed E-state index contributed by atoms with van der Waals surface area (Å²) < 4.78 is 5.38. The number of hydrogen-bond acceptors (Lipinski definition) is 4. The average Bonchev–Trinajstić information content (AvgIpc) is 2.74. The summed E-state index contributed by atoms with van der Waals surface area (Å²) in [5.74, 6) is -1.37. The van der Waals surface area contributed by atoms with Crippen LogP contribution in [0.25, 0.3) is 10.8 Å². The molecule has 0 aliphatic heterocycles. The molecule has 0 saturated carbocycles. The zero-order valence-electron chi connectivity index (χ0n) is 17.2. The Morgan fingerprint density at radius 1 is 0.967 bits per heavy atom. The van der Waals surface area contributed by atoms with Crippen molar-refractivity contribution in [1.29, 1.82) is 0 Å². The predicted octanol–water partition coefficient (Wildman–Crippen LogP) is 3.79. The second-order valence-electron chi connectivity index (χ2n) is 7.18. The van der Waals surface area contributed by atoms with E-state index in [9.17, 15) is 14.4 Å². The second kappa shape index (κ2) is 9.22. The molecule has 0 fully saturated rings. The number of esters is 1. The highest BCUT2D eigenvalue weighted by Crippen LogP contribution is 2.20. The van der Waals surface area contributed by atoms with Crippen molar-refractivity contribution in [2.75, 3.05) is 18.9 Å². The first-order chi connectivity index (χ1) is 14.3. The lowest BCUT2D eigenvalue weighted by Crippen LogP contribution is -2.41. The van der Waals surface area contributed by atoms with Crippen LogP contribution in [0.2, 0.25) is 0 Å². The molecular formula is C24H24N2O4. The number of aryl methyl sites for hydroxylation is 1. The van der Waals surface area contributed by atoms with Crippen LogP contribution in [0, 0.1) is 6.92 Å². The summed E-state index contributed by atoms with van der Waals surface area (Å²) in [6, 6.07) is 20.2. The van der Waals surface area contributed by atoms with Gasteiger partial charge in [-0.3, -0.25) is 9.59 Å². The lowest BCUT2D eigenvalue weighted by atomic mass is 10.0. The molecule has 154 valence electrons. The quantitative estimate of drug-likeness (QED) is 0.634. The highest BCUT2D eigenvalue weighted by atomic mass is 16.5. The molecule has 0 heterocycles. The smallest absolute Gasteiger partial charge is 0.339 e. The molecule has 0 unspecified atom stereocenters. The zero-order chi connectivity index (χ0) is 21.7. The molecule has 3 aromatic rings. The van der Waals surface area contributed by atoms with Crippen molar-refractivity contribution in [1.82, 2.24) is 4.90 Å². The molecule has 2 amide bonds. The van der Waals surface area contributed by atoms with Gasteiger partial charge in [-0.1, -0.05) is 54.1 Å². The number of carbonyl (C=O) groups is 3. The molecule has 0 radical (unpaired) electrons. The minimum absolute atomic E-state index is 0.150. The molecule has 0 spiro atoms. The summed E-state index contributed by atoms with van der Waals surface area (Å²) >= 11 is 0. The van der Waals surface area contributed by atoms with E-state index in [1.807, 2.05) is 49.4 Å². The molecule has 30 heavy (non-hydrogen) atoms. The molecule has 1 atom stereocenters. The topological polar surface area (TPSA) is 75.7 Å². The Morgan fingerprint density at radius 3 is 2.37 bits per heavy atom. The van der Waals surface area contributed by atoms with E-state index in [4.69, 9.17) is 4.74 Å². The SMILES string of the molecule is Cc1ccc(NC(=O)CN(C)C(=O)[C@H](C)OC(=O)c2cccc3ccccc23)cc1. The number of nitrogens with one attached hydrogen (secondary N) is 1. The number of nitrogens with zero attached hydrogens (tertiary/aromatic N) is 1. The van der Waals surface area contributed by atoms with Crippen molar-refractivity contribution in [2.45, 2.75) is 20.0 Å². The first-order valence-electron chi connectivity index (χ1n) is 9.65. The van der Waals surface area contributed by atoms with E-state index in [1.54, 1.807) is 24.3 Å². The van der Waals surface area contributed by atoms with Gasteiger partial charge in [0, 0.05) is 12.7 Å². The number of fused-ring (bicyclic) bond motifs is 1. The van der Waals surface area contributed by atoms with Gasteiger partial charge in [0.1, 0.15) is 0 Å². The summed E-state index contributed by atoms with van der Waals surface area (Å²) in [5.41, 5.74) is 2.14. The van der Waals surface area contributed by atoms with Crippen LogP contribution in [0.4, 0.5) is 5.69 Å². The van der Waals surface area contributed by atoms with E-state index < -0.39 is 18.0 Å². The lowest BCUT2D eigenvalue weighted by Gasteiger charge is -2.21. The van der Waals surface area contributed by atoms with Crippen LogP contribution in [0.3, 0.4) is 0 Å². The summed E-state index contributed by atoms with van der Waals surface area (Å²) in [7, 11) is 1.50. The van der Waals surface area contributed by atoms with Crippen LogP contribution >= 0.6 is 0 Å². The van der Waals surface area contributed by atoms with Gasteiger partial charge in [0.25, 0.3) is 5.91 Å². The first kappa shape index (κ1) is 21.0. The molecular weight excluding hydrogens is 380 g/mol. The van der Waals surface area contributed by atoms with E-state index in [0.717, 1.165) is 16.3 Å². The monoisotopic (exact) mass is 404 g/mol. The van der Waals surface area contributed by atoms with Gasteiger partial charge in [0.15, 0.2) is 6.10 Å². The van der Waals surface area contributed by atoms with Crippen LogP contribution in [0.15, 0.2) is 66.7 Å². The predicted molar refractivity (Wildman–Crippen MR) is 116 cm³/mol. The minimum Gasteiger partial charge on any atom is -0.449 e. The normalized spacial score (nSPS) is 11.6. The fourth-order valence-electron chi connectivity index (χ4n) is 3.12. The Hall–Kier alpha value is -3.67. The molecule has 0 aliphatic rings. The number of ether oxygens (including phenoxy) is 1. The number of anilines is 1. The lowest BCUT2D eigenvalue weighted by molar-refractivity contribution is -0.140. The van der Waals surface area contributed by atoms with Crippen molar-refractivity contribution in [2.24, 2.45) is 0 Å². The van der Waals surface area contributed by atoms with E-state index in [1.165, 1.54) is 18.9 Å². The maximum Gasteiger partial charge on any atom is 0.339 e. The third-order valence-corrected chi connectivity index (χ3v) is 4.73. The molecule has 0 bridgehead atoms. The van der Waals surface area contributed by atoms with Crippen LogP contribution in [-0.4, -0.2) is 42.4 Å². The van der Waals surface area contributed by atoms with Crippen LogP contribution in [0.5, 0.6) is 0 Å². The van der Waals surface area contributed by atoms with Crippen LogP contribution in [0.1, 0.15) is 22.8 Å². The molecule has 3 aromatic carbocycles. The molecule has 0 aromatic heterocycles. The molecule has 1 N–H and O–H groups in total. The standard InChI is InChI=1S/C24H24N2O4/c1-16-11-13-19(14-12-16)25-22(27)15-26(3)23(28)17(2)30-24(29)21-10-6-8-18-7-4-5-9-20(18)21/h4-14,17H,15H2,1-3H3,(H,25,27)/t17-/m0/s1. The average molecular weight is 404 g/mol. The largest absolute Gasteiger partial charge is 0.449 e. The van der Waals surface area contributed by atoms with Gasteiger partial charge >= 0.3 is 5.97 Å². The highest BCUT2D eigenvalue weighted by Gasteiger charge is 2.24.